The van der Waals surface area contributed by atoms with E-state index in [1.807, 2.05) is 0 Å². The number of piperidine rings is 1. The zero-order chi connectivity index (χ0) is 12.3. The van der Waals surface area contributed by atoms with Crippen LogP contribution in [0, 0.1) is 0 Å². The Labute approximate surface area is 106 Å². The van der Waals surface area contributed by atoms with E-state index in [-0.39, 0.29) is 11.9 Å². The molecule has 5 heteroatoms. The minimum atomic E-state index is -0.0744. The molecule has 2 heterocycles. The van der Waals surface area contributed by atoms with Crippen LogP contribution in [0.3, 0.4) is 0 Å². The van der Waals surface area contributed by atoms with Crippen LogP contribution < -0.4 is 5.32 Å². The van der Waals surface area contributed by atoms with Crippen LogP contribution in [-0.2, 0) is 0 Å². The van der Waals surface area contributed by atoms with E-state index < -0.39 is 0 Å². The molecule has 0 radical (unpaired) electrons. The van der Waals surface area contributed by atoms with Crippen LogP contribution >= 0.6 is 11.6 Å². The van der Waals surface area contributed by atoms with Crippen LogP contribution in [0.5, 0.6) is 0 Å². The van der Waals surface area contributed by atoms with Crippen LogP contribution in [-0.4, -0.2) is 42.0 Å². The fourth-order valence-electron chi connectivity index (χ4n) is 2.10. The highest BCUT2D eigenvalue weighted by Gasteiger charge is 2.19. The van der Waals surface area contributed by atoms with Crippen LogP contribution in [0.15, 0.2) is 18.3 Å². The molecule has 0 spiro atoms. The second kappa shape index (κ2) is 5.47. The summed E-state index contributed by atoms with van der Waals surface area (Å²) in [7, 11) is 2.07. The number of carbonyl (C=O) groups is 1. The third-order valence-electron chi connectivity index (χ3n) is 2.95. The molecule has 1 aromatic heterocycles. The summed E-state index contributed by atoms with van der Waals surface area (Å²) in [6.45, 7) is 2.01. The van der Waals surface area contributed by atoms with Gasteiger partial charge in [0.15, 0.2) is 0 Å². The average molecular weight is 254 g/mol. The Bertz CT molecular complexity index is 410. The molecule has 92 valence electrons. The number of halogens is 1. The Balaban J connectivity index is 1.97. The monoisotopic (exact) mass is 253 g/mol. The summed E-state index contributed by atoms with van der Waals surface area (Å²) < 4.78 is 0. The van der Waals surface area contributed by atoms with Crippen molar-refractivity contribution in [2.75, 3.05) is 20.1 Å². The number of hydrogen-bond donors (Lipinski definition) is 1. The summed E-state index contributed by atoms with van der Waals surface area (Å²) >= 11 is 5.76. The van der Waals surface area contributed by atoms with Crippen molar-refractivity contribution in [2.24, 2.45) is 0 Å². The van der Waals surface area contributed by atoms with Gasteiger partial charge in [-0.25, -0.2) is 4.98 Å². The molecular formula is C12H16ClN3O. The Hall–Kier alpha value is -1.13. The average Bonchev–Trinajstić information content (AvgIpc) is 2.29. The number of rotatable bonds is 2. The molecular weight excluding hydrogens is 238 g/mol. The third kappa shape index (κ3) is 3.41. The number of carbonyl (C=O) groups excluding carboxylic acids is 1. The summed E-state index contributed by atoms with van der Waals surface area (Å²) in [6.07, 6.45) is 3.71. The first kappa shape index (κ1) is 12.3. The third-order valence-corrected chi connectivity index (χ3v) is 3.16. The van der Waals surface area contributed by atoms with Crippen LogP contribution in [0.25, 0.3) is 0 Å². The fourth-order valence-corrected chi connectivity index (χ4v) is 2.27. The molecule has 1 unspecified atom stereocenters. The highest BCUT2D eigenvalue weighted by Crippen LogP contribution is 2.10. The van der Waals surface area contributed by atoms with Gasteiger partial charge in [-0.3, -0.25) is 4.79 Å². The fraction of sp³-hybridized carbons (Fsp3) is 0.500. The number of nitrogens with one attached hydrogen (secondary N) is 1. The molecule has 0 bridgehead atoms. The topological polar surface area (TPSA) is 45.2 Å². The summed E-state index contributed by atoms with van der Waals surface area (Å²) in [4.78, 5) is 18.0. The van der Waals surface area contributed by atoms with Gasteiger partial charge >= 0.3 is 0 Å². The molecule has 4 nitrogen and oxygen atoms in total. The smallest absolute Gasteiger partial charge is 0.251 e. The largest absolute Gasteiger partial charge is 0.348 e. The zero-order valence-corrected chi connectivity index (χ0v) is 10.6. The van der Waals surface area contributed by atoms with Gasteiger partial charge in [0.1, 0.15) is 5.15 Å². The first-order valence-electron chi connectivity index (χ1n) is 5.76. The van der Waals surface area contributed by atoms with Gasteiger partial charge in [0.05, 0.1) is 0 Å². The van der Waals surface area contributed by atoms with Crippen LogP contribution in [0.4, 0.5) is 0 Å². The molecule has 1 N–H and O–H groups in total. The van der Waals surface area contributed by atoms with Gasteiger partial charge in [0, 0.05) is 24.3 Å². The van der Waals surface area contributed by atoms with Crippen molar-refractivity contribution in [3.63, 3.8) is 0 Å². The van der Waals surface area contributed by atoms with Gasteiger partial charge in [0.2, 0.25) is 0 Å². The number of likely N-dealkylation sites (tertiary alicyclic amines) is 1. The van der Waals surface area contributed by atoms with Gasteiger partial charge in [-0.1, -0.05) is 11.6 Å². The Morgan fingerprint density at radius 2 is 2.47 bits per heavy atom. The lowest BCUT2D eigenvalue weighted by Crippen LogP contribution is -2.46. The quantitative estimate of drug-likeness (QED) is 0.814. The Morgan fingerprint density at radius 3 is 3.18 bits per heavy atom. The summed E-state index contributed by atoms with van der Waals surface area (Å²) in [5.41, 5.74) is 0.568. The van der Waals surface area contributed by atoms with Crippen LogP contribution in [0.2, 0.25) is 5.15 Å². The van der Waals surface area contributed by atoms with Gasteiger partial charge in [-0.05, 0) is 38.6 Å². The van der Waals surface area contributed by atoms with Crippen molar-refractivity contribution < 1.29 is 4.79 Å². The van der Waals surface area contributed by atoms with Crippen molar-refractivity contribution in [1.29, 1.82) is 0 Å². The second-order valence-corrected chi connectivity index (χ2v) is 4.83. The molecule has 0 saturated carbocycles. The lowest BCUT2D eigenvalue weighted by atomic mass is 10.1. The highest BCUT2D eigenvalue weighted by atomic mass is 35.5. The summed E-state index contributed by atoms with van der Waals surface area (Å²) in [5, 5.41) is 3.37. The number of likely N-dealkylation sites (N-methyl/N-ethyl adjacent to an activating group) is 1. The standard InChI is InChI=1S/C12H16ClN3O/c1-16-6-2-3-10(8-16)15-12(17)9-4-5-14-11(13)7-9/h4-5,7,10H,2-3,6,8H2,1H3,(H,15,17). The normalized spacial score (nSPS) is 21.2. The molecule has 2 rings (SSSR count). The van der Waals surface area contributed by atoms with Crippen molar-refractivity contribution in [3.05, 3.63) is 29.0 Å². The number of aromatic nitrogens is 1. The van der Waals surface area contributed by atoms with Crippen molar-refractivity contribution in [1.82, 2.24) is 15.2 Å². The first-order valence-corrected chi connectivity index (χ1v) is 6.14. The predicted molar refractivity (Wildman–Crippen MR) is 67.2 cm³/mol. The van der Waals surface area contributed by atoms with Crippen molar-refractivity contribution in [2.45, 2.75) is 18.9 Å². The van der Waals surface area contributed by atoms with Crippen molar-refractivity contribution in [3.8, 4) is 0 Å². The maximum atomic E-state index is 12.0. The van der Waals surface area contributed by atoms with Crippen molar-refractivity contribution >= 4 is 17.5 Å². The molecule has 0 aromatic carbocycles. The van der Waals surface area contributed by atoms with Crippen LogP contribution in [0.1, 0.15) is 23.2 Å². The summed E-state index contributed by atoms with van der Waals surface area (Å²) in [5.74, 6) is -0.0744. The molecule has 17 heavy (non-hydrogen) atoms. The van der Waals surface area contributed by atoms with Gasteiger partial charge in [-0.15, -0.1) is 0 Å². The molecule has 1 amide bonds. The van der Waals surface area contributed by atoms with E-state index in [2.05, 4.69) is 22.2 Å². The van der Waals surface area contributed by atoms with E-state index in [4.69, 9.17) is 11.6 Å². The molecule has 1 aliphatic heterocycles. The molecule has 1 saturated heterocycles. The molecule has 0 aliphatic carbocycles. The van der Waals surface area contributed by atoms with E-state index in [1.165, 1.54) is 0 Å². The number of amides is 1. The minimum Gasteiger partial charge on any atom is -0.348 e. The maximum Gasteiger partial charge on any atom is 0.251 e. The van der Waals surface area contributed by atoms with E-state index in [0.29, 0.717) is 10.7 Å². The van der Waals surface area contributed by atoms with Gasteiger partial charge < -0.3 is 10.2 Å². The highest BCUT2D eigenvalue weighted by molar-refractivity contribution is 6.29. The molecule has 1 fully saturated rings. The van der Waals surface area contributed by atoms with Gasteiger partial charge in [0.25, 0.3) is 5.91 Å². The maximum absolute atomic E-state index is 12.0. The lowest BCUT2D eigenvalue weighted by molar-refractivity contribution is 0.0912. The lowest BCUT2D eigenvalue weighted by Gasteiger charge is -2.30. The SMILES string of the molecule is CN1CCCC(NC(=O)c2ccnc(Cl)c2)C1. The molecule has 1 atom stereocenters. The molecule has 1 aliphatic rings. The van der Waals surface area contributed by atoms with E-state index >= 15 is 0 Å². The minimum absolute atomic E-state index is 0.0744. The summed E-state index contributed by atoms with van der Waals surface area (Å²) in [6, 6.07) is 3.49. The number of pyridine rings is 1. The van der Waals surface area contributed by atoms with Gasteiger partial charge in [-0.2, -0.15) is 0 Å². The number of nitrogens with zero attached hydrogens (tertiary/aromatic N) is 2. The Kier molecular flexibility index (Phi) is 3.97. The van der Waals surface area contributed by atoms with E-state index in [1.54, 1.807) is 18.3 Å². The second-order valence-electron chi connectivity index (χ2n) is 4.44. The van der Waals surface area contributed by atoms with E-state index in [0.717, 1.165) is 25.9 Å². The zero-order valence-electron chi connectivity index (χ0n) is 9.82. The van der Waals surface area contributed by atoms with E-state index in [9.17, 15) is 4.79 Å². The molecule has 1 aromatic rings. The number of hydrogen-bond acceptors (Lipinski definition) is 3. The Morgan fingerprint density at radius 1 is 1.65 bits per heavy atom. The first-order chi connectivity index (χ1) is 8.15. The predicted octanol–water partition coefficient (Wildman–Crippen LogP) is 1.56.